The summed E-state index contributed by atoms with van der Waals surface area (Å²) in [4.78, 5) is 52.3. The number of hydrogen-bond acceptors (Lipinski definition) is 9. The highest BCUT2D eigenvalue weighted by Gasteiger charge is 2.84. The summed E-state index contributed by atoms with van der Waals surface area (Å²) in [5.74, 6) is -2.91. The van der Waals surface area contributed by atoms with Gasteiger partial charge in [0.1, 0.15) is 29.7 Å². The zero-order chi connectivity index (χ0) is 27.4. The van der Waals surface area contributed by atoms with Gasteiger partial charge in [-0.1, -0.05) is 27.7 Å². The van der Waals surface area contributed by atoms with Crippen molar-refractivity contribution in [2.24, 2.45) is 34.0 Å². The van der Waals surface area contributed by atoms with Crippen molar-refractivity contribution < 1.29 is 42.5 Å². The number of ketones is 1. The number of hydrogen-bond donors (Lipinski definition) is 0. The second-order valence-corrected chi connectivity index (χ2v) is 12.6. The van der Waals surface area contributed by atoms with Crippen LogP contribution in [0.3, 0.4) is 0 Å². The third kappa shape index (κ3) is 2.96. The molecule has 1 saturated heterocycles. The molecule has 5 aliphatic rings. The minimum absolute atomic E-state index is 0.00345. The molecule has 1 spiro atoms. The molecule has 0 aromatic carbocycles. The van der Waals surface area contributed by atoms with Crippen molar-refractivity contribution in [2.75, 3.05) is 7.11 Å². The number of epoxide rings is 1. The topological polar surface area (TPSA) is 122 Å². The first-order valence-electron chi connectivity index (χ1n) is 13.2. The number of carbonyl (C=O) groups is 4. The molecule has 9 atom stereocenters. The monoisotopic (exact) mass is 526 g/mol. The Bertz CT molecular complexity index is 1260. The van der Waals surface area contributed by atoms with E-state index in [0.717, 1.165) is 11.1 Å². The predicted molar refractivity (Wildman–Crippen MR) is 130 cm³/mol. The van der Waals surface area contributed by atoms with E-state index in [1.807, 2.05) is 20.8 Å². The van der Waals surface area contributed by atoms with Crippen LogP contribution in [-0.2, 0) is 38.1 Å². The third-order valence-electron chi connectivity index (χ3n) is 10.6. The number of rotatable bonds is 4. The fourth-order valence-electron chi connectivity index (χ4n) is 8.94. The zero-order valence-electron chi connectivity index (χ0n) is 22.6. The maximum Gasteiger partial charge on any atom is 0.331 e. The number of esters is 3. The Morgan fingerprint density at radius 1 is 1.16 bits per heavy atom. The van der Waals surface area contributed by atoms with Crippen LogP contribution in [0.5, 0.6) is 0 Å². The lowest BCUT2D eigenvalue weighted by Crippen LogP contribution is -2.71. The van der Waals surface area contributed by atoms with Gasteiger partial charge in [-0.3, -0.25) is 14.4 Å². The fraction of sp³-hybridized carbons (Fsp3) is 0.655. The number of Topliss-reactive ketones (excluding diaryl/α,β-unsaturated/α-hetero) is 1. The number of fused-ring (bicyclic) bond motifs is 5. The summed E-state index contributed by atoms with van der Waals surface area (Å²) in [5.41, 5.74) is -1.59. The van der Waals surface area contributed by atoms with Gasteiger partial charge in [-0.05, 0) is 30.4 Å². The van der Waals surface area contributed by atoms with Crippen LogP contribution in [0, 0.1) is 34.0 Å². The first kappa shape index (κ1) is 25.3. The molecule has 9 heteroatoms. The van der Waals surface area contributed by atoms with Crippen LogP contribution in [0.2, 0.25) is 0 Å². The minimum Gasteiger partial charge on any atom is -0.472 e. The molecule has 3 heterocycles. The Balaban J connectivity index is 1.53. The first-order valence-corrected chi connectivity index (χ1v) is 13.2. The molecule has 9 unspecified atom stereocenters. The second kappa shape index (κ2) is 7.81. The molecular weight excluding hydrogens is 492 g/mol. The molecule has 3 saturated carbocycles. The molecule has 1 aromatic heterocycles. The van der Waals surface area contributed by atoms with E-state index in [4.69, 9.17) is 23.4 Å². The van der Waals surface area contributed by atoms with Gasteiger partial charge in [0, 0.05) is 47.1 Å². The molecule has 2 bridgehead atoms. The van der Waals surface area contributed by atoms with Crippen LogP contribution in [0.4, 0.5) is 0 Å². The Hall–Kier alpha value is -2.94. The largest absolute Gasteiger partial charge is 0.472 e. The molecule has 0 amide bonds. The number of methoxy groups -OCH3 is 1. The van der Waals surface area contributed by atoms with E-state index in [1.165, 1.54) is 14.0 Å². The lowest BCUT2D eigenvalue weighted by atomic mass is 9.38. The second-order valence-electron chi connectivity index (χ2n) is 12.6. The first-order chi connectivity index (χ1) is 17.8. The maximum absolute atomic E-state index is 14.4. The molecule has 204 valence electrons. The summed E-state index contributed by atoms with van der Waals surface area (Å²) in [6.45, 7) is 9.25. The van der Waals surface area contributed by atoms with Crippen molar-refractivity contribution in [2.45, 2.75) is 77.8 Å². The van der Waals surface area contributed by atoms with Gasteiger partial charge in [0.15, 0.2) is 0 Å². The van der Waals surface area contributed by atoms with E-state index in [2.05, 4.69) is 6.92 Å². The van der Waals surface area contributed by atoms with Crippen molar-refractivity contribution in [1.29, 1.82) is 0 Å². The zero-order valence-corrected chi connectivity index (χ0v) is 22.6. The van der Waals surface area contributed by atoms with Crippen molar-refractivity contribution >= 4 is 23.7 Å². The summed E-state index contributed by atoms with van der Waals surface area (Å²) < 4.78 is 28.7. The maximum atomic E-state index is 14.4. The van der Waals surface area contributed by atoms with E-state index in [1.54, 1.807) is 24.7 Å². The summed E-state index contributed by atoms with van der Waals surface area (Å²) in [7, 11) is 1.33. The highest BCUT2D eigenvalue weighted by atomic mass is 16.6. The van der Waals surface area contributed by atoms with E-state index in [-0.39, 0.29) is 18.1 Å². The molecular formula is C29H34O9. The van der Waals surface area contributed by atoms with Gasteiger partial charge in [-0.15, -0.1) is 0 Å². The minimum atomic E-state index is -0.972. The number of furan rings is 1. The molecule has 0 N–H and O–H groups in total. The van der Waals surface area contributed by atoms with Crippen LogP contribution in [0.25, 0.3) is 0 Å². The number of ether oxygens (including phenoxy) is 4. The van der Waals surface area contributed by atoms with Gasteiger partial charge in [-0.25, -0.2) is 4.79 Å². The van der Waals surface area contributed by atoms with Gasteiger partial charge >= 0.3 is 17.9 Å². The van der Waals surface area contributed by atoms with Crippen LogP contribution in [-0.4, -0.2) is 48.6 Å². The Kier molecular flexibility index (Phi) is 5.21. The average molecular weight is 527 g/mol. The smallest absolute Gasteiger partial charge is 0.331 e. The highest BCUT2D eigenvalue weighted by Crippen LogP contribution is 2.76. The van der Waals surface area contributed by atoms with E-state index in [0.29, 0.717) is 12.8 Å². The average Bonchev–Trinajstić information content (AvgIpc) is 3.31. The molecule has 6 rings (SSSR count). The van der Waals surface area contributed by atoms with Crippen molar-refractivity contribution in [3.63, 3.8) is 0 Å². The molecule has 2 aliphatic heterocycles. The van der Waals surface area contributed by atoms with Gasteiger partial charge in [0.2, 0.25) is 0 Å². The quantitative estimate of drug-likeness (QED) is 0.328. The summed E-state index contributed by atoms with van der Waals surface area (Å²) in [5, 5.41) is 0. The third-order valence-corrected chi connectivity index (χ3v) is 10.6. The number of cyclic esters (lactones) is 1. The van der Waals surface area contributed by atoms with E-state index in [9.17, 15) is 19.2 Å². The lowest BCUT2D eigenvalue weighted by molar-refractivity contribution is -0.202. The van der Waals surface area contributed by atoms with Crippen LogP contribution < -0.4 is 0 Å². The molecule has 0 radical (unpaired) electrons. The molecule has 9 nitrogen and oxygen atoms in total. The van der Waals surface area contributed by atoms with Crippen LogP contribution >= 0.6 is 0 Å². The Labute approximate surface area is 221 Å². The van der Waals surface area contributed by atoms with Gasteiger partial charge in [-0.2, -0.15) is 0 Å². The van der Waals surface area contributed by atoms with Gasteiger partial charge in [0.05, 0.1) is 25.6 Å². The number of carbonyl (C=O) groups excluding carboxylic acids is 4. The standard InChI is InChI=1S/C29H34O9/c1-14(30)36-24-21-22(33)28(5,17(26(24,2)3)11-19(31)34-6)16-7-9-27(4)18(29(16)25(21)38-29)12-20(32)37-23(27)15-8-10-35-13-15/h8,10,12-13,16-17,21,23-25H,7,9,11H2,1-6H3. The molecule has 38 heavy (non-hydrogen) atoms. The van der Waals surface area contributed by atoms with E-state index < -0.39 is 69.9 Å². The molecule has 1 aromatic rings. The van der Waals surface area contributed by atoms with Crippen molar-refractivity contribution in [1.82, 2.24) is 0 Å². The van der Waals surface area contributed by atoms with Crippen molar-refractivity contribution in [3.8, 4) is 0 Å². The van der Waals surface area contributed by atoms with E-state index >= 15 is 0 Å². The van der Waals surface area contributed by atoms with Crippen LogP contribution in [0.1, 0.15) is 65.5 Å². The lowest BCUT2D eigenvalue weighted by Gasteiger charge is -2.63. The molecule has 4 fully saturated rings. The Morgan fingerprint density at radius 2 is 1.89 bits per heavy atom. The van der Waals surface area contributed by atoms with Gasteiger partial charge in [0.25, 0.3) is 0 Å². The van der Waals surface area contributed by atoms with Crippen molar-refractivity contribution in [3.05, 3.63) is 35.8 Å². The summed E-state index contributed by atoms with van der Waals surface area (Å²) in [6.07, 6.45) is 4.07. The highest BCUT2D eigenvalue weighted by molar-refractivity contribution is 5.94. The SMILES string of the molecule is COC(=O)CC1C(C)(C)C(OC(C)=O)C2C(=O)C1(C)C1CCC3(C)C(=CC(=O)OC3c3ccoc3)C13OC23. The summed E-state index contributed by atoms with van der Waals surface area (Å²) >= 11 is 0. The Morgan fingerprint density at radius 3 is 2.53 bits per heavy atom. The normalized spacial score (nSPS) is 44.0. The molecule has 3 aliphatic carbocycles. The predicted octanol–water partition coefficient (Wildman–Crippen LogP) is 3.71. The van der Waals surface area contributed by atoms with Gasteiger partial charge < -0.3 is 23.4 Å². The fourth-order valence-corrected chi connectivity index (χ4v) is 8.94. The van der Waals surface area contributed by atoms with Crippen LogP contribution in [0.15, 0.2) is 34.7 Å². The summed E-state index contributed by atoms with van der Waals surface area (Å²) in [6, 6.07) is 1.80.